The maximum atomic E-state index is 14.5. The fourth-order valence-electron chi connectivity index (χ4n) is 5.21. The number of alkyl halides is 3. The van der Waals surface area contributed by atoms with Crippen molar-refractivity contribution in [3.05, 3.63) is 83.9 Å². The summed E-state index contributed by atoms with van der Waals surface area (Å²) >= 11 is 0. The van der Waals surface area contributed by atoms with Crippen LogP contribution in [0.2, 0.25) is 0 Å². The molecular formula is C29H27F4N3O2. The summed E-state index contributed by atoms with van der Waals surface area (Å²) in [6, 6.07) is 16.7. The van der Waals surface area contributed by atoms with E-state index in [1.165, 1.54) is 25.4 Å². The summed E-state index contributed by atoms with van der Waals surface area (Å²) in [5, 5.41) is 12.7. The molecule has 0 aliphatic carbocycles. The van der Waals surface area contributed by atoms with Crippen LogP contribution in [-0.4, -0.2) is 38.9 Å². The number of nitrogens with one attached hydrogen (secondary N) is 2. The SMILES string of the molecule is COc1cc2cc(CC(O)(CC(C)(C)c3cc(F)ccc3-c3cc4ccccc4[nH]3)C(F)(F)F)[nH]c2cn1. The standard InChI is InChI=1S/C29H27F4N3O2/c1-27(2,22-13-19(30)8-9-21(22)24-11-17-6-4-5-7-23(17)36-24)16-28(37,29(31,32)33)14-20-10-18-12-26(38-3)34-15-25(18)35-20/h4-13,15,35-37H,14,16H2,1-3H3. The van der Waals surface area contributed by atoms with Crippen LogP contribution in [0.5, 0.6) is 5.88 Å². The number of methoxy groups -OCH3 is 1. The normalized spacial score (nSPS) is 14.2. The highest BCUT2D eigenvalue weighted by Gasteiger charge is 2.56. The van der Waals surface area contributed by atoms with Gasteiger partial charge in [-0.15, -0.1) is 0 Å². The van der Waals surface area contributed by atoms with Gasteiger partial charge in [-0.3, -0.25) is 0 Å². The van der Waals surface area contributed by atoms with Gasteiger partial charge in [0.2, 0.25) is 5.88 Å². The lowest BCUT2D eigenvalue weighted by Crippen LogP contribution is -2.51. The molecule has 0 aliphatic rings. The summed E-state index contributed by atoms with van der Waals surface area (Å²) < 4.78 is 63.0. The smallest absolute Gasteiger partial charge is 0.417 e. The van der Waals surface area contributed by atoms with Gasteiger partial charge in [0.05, 0.1) is 18.8 Å². The zero-order valence-corrected chi connectivity index (χ0v) is 21.1. The maximum absolute atomic E-state index is 14.5. The fourth-order valence-corrected chi connectivity index (χ4v) is 5.21. The van der Waals surface area contributed by atoms with Gasteiger partial charge in [0, 0.05) is 45.7 Å². The maximum Gasteiger partial charge on any atom is 0.417 e. The van der Waals surface area contributed by atoms with Crippen molar-refractivity contribution in [3.63, 3.8) is 0 Å². The van der Waals surface area contributed by atoms with Crippen molar-refractivity contribution in [2.24, 2.45) is 0 Å². The average molecular weight is 526 g/mol. The van der Waals surface area contributed by atoms with Crippen LogP contribution in [0.4, 0.5) is 17.6 Å². The number of fused-ring (bicyclic) bond motifs is 2. The van der Waals surface area contributed by atoms with E-state index in [-0.39, 0.29) is 5.69 Å². The van der Waals surface area contributed by atoms with Gasteiger partial charge in [-0.1, -0.05) is 32.0 Å². The molecule has 3 heterocycles. The molecule has 5 aromatic rings. The minimum Gasteiger partial charge on any atom is -0.481 e. The molecule has 0 saturated carbocycles. The van der Waals surface area contributed by atoms with E-state index in [0.717, 1.165) is 10.9 Å². The second-order valence-corrected chi connectivity index (χ2v) is 10.3. The first-order chi connectivity index (χ1) is 17.9. The summed E-state index contributed by atoms with van der Waals surface area (Å²) in [6.45, 7) is 3.18. The van der Waals surface area contributed by atoms with Crippen molar-refractivity contribution in [1.29, 1.82) is 0 Å². The number of nitrogens with zero attached hydrogens (tertiary/aromatic N) is 1. The Kier molecular flexibility index (Phi) is 6.22. The molecule has 0 radical (unpaired) electrons. The van der Waals surface area contributed by atoms with Gasteiger partial charge in [0.25, 0.3) is 0 Å². The Morgan fingerprint density at radius 2 is 1.68 bits per heavy atom. The Labute approximate surface area is 216 Å². The molecule has 3 aromatic heterocycles. The zero-order valence-electron chi connectivity index (χ0n) is 21.1. The number of para-hydroxylation sites is 1. The number of aliphatic hydroxyl groups is 1. The third kappa shape index (κ3) is 4.74. The summed E-state index contributed by atoms with van der Waals surface area (Å²) in [4.78, 5) is 10.3. The summed E-state index contributed by atoms with van der Waals surface area (Å²) in [6.07, 6.45) is -4.90. The monoisotopic (exact) mass is 525 g/mol. The number of aromatic nitrogens is 3. The van der Waals surface area contributed by atoms with Crippen LogP contribution in [-0.2, 0) is 11.8 Å². The number of halogens is 4. The summed E-state index contributed by atoms with van der Waals surface area (Å²) in [5.41, 5.74) is -1.21. The number of ether oxygens (including phenoxy) is 1. The molecule has 0 saturated heterocycles. The second-order valence-electron chi connectivity index (χ2n) is 10.3. The molecule has 5 rings (SSSR count). The van der Waals surface area contributed by atoms with E-state index in [9.17, 15) is 22.7 Å². The Hall–Kier alpha value is -3.85. The molecule has 0 aliphatic heterocycles. The van der Waals surface area contributed by atoms with Gasteiger partial charge in [-0.25, -0.2) is 9.37 Å². The molecule has 9 heteroatoms. The predicted molar refractivity (Wildman–Crippen MR) is 139 cm³/mol. The highest BCUT2D eigenvalue weighted by molar-refractivity contribution is 5.86. The van der Waals surface area contributed by atoms with Crippen molar-refractivity contribution in [1.82, 2.24) is 15.0 Å². The molecule has 0 fully saturated rings. The zero-order chi connectivity index (χ0) is 27.3. The number of aromatic amines is 2. The Balaban J connectivity index is 1.54. The van der Waals surface area contributed by atoms with E-state index in [1.807, 2.05) is 30.3 Å². The quantitative estimate of drug-likeness (QED) is 0.199. The first kappa shape index (κ1) is 25.8. The van der Waals surface area contributed by atoms with Crippen LogP contribution < -0.4 is 4.74 Å². The first-order valence-corrected chi connectivity index (χ1v) is 12.1. The molecular weight excluding hydrogens is 498 g/mol. The number of rotatable bonds is 7. The number of hydrogen-bond donors (Lipinski definition) is 3. The van der Waals surface area contributed by atoms with Gasteiger partial charge in [0.1, 0.15) is 5.82 Å². The number of pyridine rings is 1. The van der Waals surface area contributed by atoms with E-state index < -0.39 is 35.9 Å². The molecule has 3 N–H and O–H groups in total. The lowest BCUT2D eigenvalue weighted by molar-refractivity contribution is -0.266. The molecule has 0 amide bonds. The average Bonchev–Trinajstić information content (AvgIpc) is 3.45. The van der Waals surface area contributed by atoms with Crippen molar-refractivity contribution in [2.45, 2.75) is 43.9 Å². The van der Waals surface area contributed by atoms with Crippen LogP contribution in [0.3, 0.4) is 0 Å². The van der Waals surface area contributed by atoms with Gasteiger partial charge < -0.3 is 19.8 Å². The summed E-state index contributed by atoms with van der Waals surface area (Å²) in [5.74, 6) is -0.244. The highest BCUT2D eigenvalue weighted by atomic mass is 19.4. The fraction of sp³-hybridized carbons (Fsp3) is 0.276. The number of hydrogen-bond acceptors (Lipinski definition) is 3. The number of benzene rings is 2. The molecule has 1 unspecified atom stereocenters. The van der Waals surface area contributed by atoms with E-state index in [0.29, 0.717) is 33.6 Å². The van der Waals surface area contributed by atoms with Crippen LogP contribution in [0, 0.1) is 5.82 Å². The van der Waals surface area contributed by atoms with Crippen molar-refractivity contribution >= 4 is 21.8 Å². The Bertz CT molecular complexity index is 1590. The van der Waals surface area contributed by atoms with Crippen LogP contribution >= 0.6 is 0 Å². The molecule has 2 aromatic carbocycles. The van der Waals surface area contributed by atoms with Crippen molar-refractivity contribution in [3.8, 4) is 17.1 Å². The van der Waals surface area contributed by atoms with E-state index in [4.69, 9.17) is 4.74 Å². The van der Waals surface area contributed by atoms with Crippen LogP contribution in [0.25, 0.3) is 33.1 Å². The van der Waals surface area contributed by atoms with Crippen LogP contribution in [0.15, 0.2) is 66.9 Å². The van der Waals surface area contributed by atoms with Gasteiger partial charge >= 0.3 is 6.18 Å². The van der Waals surface area contributed by atoms with Gasteiger partial charge in [0.15, 0.2) is 5.60 Å². The largest absolute Gasteiger partial charge is 0.481 e. The van der Waals surface area contributed by atoms with Crippen LogP contribution in [0.1, 0.15) is 31.5 Å². The minimum absolute atomic E-state index is 0.195. The first-order valence-electron chi connectivity index (χ1n) is 12.1. The third-order valence-electron chi connectivity index (χ3n) is 7.02. The van der Waals surface area contributed by atoms with E-state index in [1.54, 1.807) is 32.0 Å². The Morgan fingerprint density at radius 3 is 2.39 bits per heavy atom. The van der Waals surface area contributed by atoms with E-state index in [2.05, 4.69) is 15.0 Å². The Morgan fingerprint density at radius 1 is 0.921 bits per heavy atom. The second kappa shape index (κ2) is 9.16. The minimum atomic E-state index is -4.95. The molecule has 0 bridgehead atoms. The topological polar surface area (TPSA) is 73.9 Å². The van der Waals surface area contributed by atoms with Gasteiger partial charge in [-0.05, 0) is 53.8 Å². The predicted octanol–water partition coefficient (Wildman–Crippen LogP) is 7.06. The molecule has 38 heavy (non-hydrogen) atoms. The lowest BCUT2D eigenvalue weighted by atomic mass is 9.71. The molecule has 198 valence electrons. The molecule has 0 spiro atoms. The lowest BCUT2D eigenvalue weighted by Gasteiger charge is -2.38. The molecule has 5 nitrogen and oxygen atoms in total. The third-order valence-corrected chi connectivity index (χ3v) is 7.02. The van der Waals surface area contributed by atoms with Gasteiger partial charge in [-0.2, -0.15) is 13.2 Å². The van der Waals surface area contributed by atoms with Crippen molar-refractivity contribution in [2.75, 3.05) is 7.11 Å². The van der Waals surface area contributed by atoms with E-state index >= 15 is 0 Å². The number of H-pyrrole nitrogens is 2. The molecule has 1 atom stereocenters. The highest BCUT2D eigenvalue weighted by Crippen LogP contribution is 2.45. The summed E-state index contributed by atoms with van der Waals surface area (Å²) in [7, 11) is 1.45. The van der Waals surface area contributed by atoms with Crippen molar-refractivity contribution < 1.29 is 27.4 Å².